The van der Waals surface area contributed by atoms with Gasteiger partial charge in [-0.25, -0.2) is 9.98 Å². The molecule has 3 aromatic carbocycles. The van der Waals surface area contributed by atoms with Crippen molar-refractivity contribution >= 4 is 27.6 Å². The highest BCUT2D eigenvalue weighted by Crippen LogP contribution is 2.26. The number of nitrogens with one attached hydrogen (secondary N) is 1. The molecular formula is C21H16BrN3. The van der Waals surface area contributed by atoms with E-state index in [0.717, 1.165) is 32.8 Å². The molecule has 3 aromatic rings. The first-order chi connectivity index (χ1) is 12.3. The molecule has 0 unspecified atom stereocenters. The van der Waals surface area contributed by atoms with E-state index >= 15 is 0 Å². The van der Waals surface area contributed by atoms with Crippen LogP contribution in [0.4, 0.5) is 0 Å². The summed E-state index contributed by atoms with van der Waals surface area (Å²) in [5.41, 5.74) is 3.15. The quantitative estimate of drug-likeness (QED) is 0.676. The van der Waals surface area contributed by atoms with Gasteiger partial charge in [0.2, 0.25) is 0 Å². The molecule has 0 amide bonds. The molecule has 0 fully saturated rings. The van der Waals surface area contributed by atoms with Crippen LogP contribution in [-0.2, 0) is 0 Å². The third-order valence-corrected chi connectivity index (χ3v) is 4.47. The Balaban J connectivity index is 1.79. The molecular weight excluding hydrogens is 374 g/mol. The summed E-state index contributed by atoms with van der Waals surface area (Å²) >= 11 is 3.54. The molecule has 25 heavy (non-hydrogen) atoms. The second-order valence-corrected chi connectivity index (χ2v) is 6.66. The normalized spacial score (nSPS) is 14.4. The SMILES string of the molecule is Brc1cccc(C2N=C(c3ccccc3)NC(c3ccccc3)=N2)c1. The van der Waals surface area contributed by atoms with E-state index in [4.69, 9.17) is 9.98 Å². The van der Waals surface area contributed by atoms with Gasteiger partial charge < -0.3 is 5.32 Å². The molecule has 1 aliphatic rings. The fraction of sp³-hybridized carbons (Fsp3) is 0.0476. The van der Waals surface area contributed by atoms with Crippen LogP contribution in [-0.4, -0.2) is 11.7 Å². The van der Waals surface area contributed by atoms with Gasteiger partial charge in [0.25, 0.3) is 0 Å². The zero-order valence-electron chi connectivity index (χ0n) is 13.4. The Bertz CT molecular complexity index is 878. The second-order valence-electron chi connectivity index (χ2n) is 5.74. The Morgan fingerprint density at radius 1 is 0.680 bits per heavy atom. The van der Waals surface area contributed by atoms with Gasteiger partial charge in [0, 0.05) is 15.6 Å². The Labute approximate surface area is 155 Å². The van der Waals surface area contributed by atoms with Gasteiger partial charge in [0.1, 0.15) is 11.7 Å². The van der Waals surface area contributed by atoms with Gasteiger partial charge in [0.15, 0.2) is 6.17 Å². The lowest BCUT2D eigenvalue weighted by atomic mass is 10.1. The van der Waals surface area contributed by atoms with E-state index in [9.17, 15) is 0 Å². The summed E-state index contributed by atoms with van der Waals surface area (Å²) in [6.45, 7) is 0. The third-order valence-electron chi connectivity index (χ3n) is 3.98. The first-order valence-electron chi connectivity index (χ1n) is 8.08. The average Bonchev–Trinajstić information content (AvgIpc) is 2.69. The predicted molar refractivity (Wildman–Crippen MR) is 106 cm³/mol. The zero-order valence-corrected chi connectivity index (χ0v) is 15.0. The summed E-state index contributed by atoms with van der Waals surface area (Å²) in [4.78, 5) is 9.67. The van der Waals surface area contributed by atoms with Crippen molar-refractivity contribution in [1.82, 2.24) is 5.32 Å². The lowest BCUT2D eigenvalue weighted by Crippen LogP contribution is -2.35. The second kappa shape index (κ2) is 7.03. The van der Waals surface area contributed by atoms with E-state index in [1.54, 1.807) is 0 Å². The Morgan fingerprint density at radius 3 is 1.76 bits per heavy atom. The maximum atomic E-state index is 4.84. The van der Waals surface area contributed by atoms with Crippen LogP contribution in [0, 0.1) is 0 Å². The van der Waals surface area contributed by atoms with E-state index in [0.29, 0.717) is 0 Å². The van der Waals surface area contributed by atoms with Crippen molar-refractivity contribution in [3.63, 3.8) is 0 Å². The summed E-state index contributed by atoms with van der Waals surface area (Å²) < 4.78 is 1.02. The van der Waals surface area contributed by atoms with Gasteiger partial charge in [-0.1, -0.05) is 88.7 Å². The molecule has 0 spiro atoms. The van der Waals surface area contributed by atoms with Gasteiger partial charge in [-0.3, -0.25) is 0 Å². The van der Waals surface area contributed by atoms with Crippen molar-refractivity contribution in [3.05, 3.63) is 106 Å². The van der Waals surface area contributed by atoms with Gasteiger partial charge >= 0.3 is 0 Å². The first kappa shape index (κ1) is 15.8. The molecule has 1 aliphatic heterocycles. The van der Waals surface area contributed by atoms with Crippen LogP contribution in [0.1, 0.15) is 22.9 Å². The van der Waals surface area contributed by atoms with E-state index in [1.165, 1.54) is 0 Å². The van der Waals surface area contributed by atoms with Gasteiger partial charge in [-0.15, -0.1) is 0 Å². The lowest BCUT2D eigenvalue weighted by molar-refractivity contribution is 0.755. The fourth-order valence-corrected chi connectivity index (χ4v) is 3.17. The van der Waals surface area contributed by atoms with Crippen molar-refractivity contribution < 1.29 is 0 Å². The molecule has 0 radical (unpaired) electrons. The molecule has 1 N–H and O–H groups in total. The summed E-state index contributed by atoms with van der Waals surface area (Å²) in [6.07, 6.45) is -0.274. The van der Waals surface area contributed by atoms with Crippen LogP contribution in [0.5, 0.6) is 0 Å². The highest BCUT2D eigenvalue weighted by molar-refractivity contribution is 9.10. The van der Waals surface area contributed by atoms with Crippen molar-refractivity contribution in [2.24, 2.45) is 9.98 Å². The van der Waals surface area contributed by atoms with Crippen molar-refractivity contribution in [1.29, 1.82) is 0 Å². The molecule has 3 nitrogen and oxygen atoms in total. The third kappa shape index (κ3) is 3.54. The minimum Gasteiger partial charge on any atom is -0.324 e. The lowest BCUT2D eigenvalue weighted by Gasteiger charge is -2.22. The molecule has 0 aliphatic carbocycles. The van der Waals surface area contributed by atoms with Crippen molar-refractivity contribution in [2.45, 2.75) is 6.17 Å². The molecule has 122 valence electrons. The van der Waals surface area contributed by atoms with Crippen molar-refractivity contribution in [3.8, 4) is 0 Å². The number of nitrogens with zero attached hydrogens (tertiary/aromatic N) is 2. The summed E-state index contributed by atoms with van der Waals surface area (Å²) in [5, 5.41) is 3.39. The molecule has 0 saturated heterocycles. The van der Waals surface area contributed by atoms with E-state index in [2.05, 4.69) is 57.6 Å². The predicted octanol–water partition coefficient (Wildman–Crippen LogP) is 4.94. The van der Waals surface area contributed by atoms with E-state index in [-0.39, 0.29) is 6.17 Å². The highest BCUT2D eigenvalue weighted by atomic mass is 79.9. The van der Waals surface area contributed by atoms with Crippen LogP contribution >= 0.6 is 15.9 Å². The van der Waals surface area contributed by atoms with Gasteiger partial charge in [-0.05, 0) is 17.7 Å². The summed E-state index contributed by atoms with van der Waals surface area (Å²) in [7, 11) is 0. The smallest absolute Gasteiger partial charge is 0.169 e. The van der Waals surface area contributed by atoms with Crippen LogP contribution in [0.3, 0.4) is 0 Å². The number of amidine groups is 2. The number of hydrogen-bond acceptors (Lipinski definition) is 3. The van der Waals surface area contributed by atoms with Crippen LogP contribution < -0.4 is 5.32 Å². The van der Waals surface area contributed by atoms with Gasteiger partial charge in [-0.2, -0.15) is 0 Å². The monoisotopic (exact) mass is 389 g/mol. The Morgan fingerprint density at radius 2 is 1.24 bits per heavy atom. The Hall–Kier alpha value is -2.72. The van der Waals surface area contributed by atoms with Crippen LogP contribution in [0.15, 0.2) is 99.4 Å². The maximum Gasteiger partial charge on any atom is 0.169 e. The number of hydrogen-bond donors (Lipinski definition) is 1. The number of benzene rings is 3. The number of aliphatic imine (C=N–C) groups is 2. The first-order valence-corrected chi connectivity index (χ1v) is 8.88. The zero-order chi connectivity index (χ0) is 17.1. The molecule has 1 heterocycles. The molecule has 0 atom stereocenters. The van der Waals surface area contributed by atoms with Crippen LogP contribution in [0.25, 0.3) is 0 Å². The number of rotatable bonds is 3. The molecule has 4 rings (SSSR count). The highest BCUT2D eigenvalue weighted by Gasteiger charge is 2.20. The maximum absolute atomic E-state index is 4.84. The molecule has 0 aromatic heterocycles. The van der Waals surface area contributed by atoms with Crippen molar-refractivity contribution in [2.75, 3.05) is 0 Å². The topological polar surface area (TPSA) is 36.8 Å². The minimum absolute atomic E-state index is 0.274. The number of halogens is 1. The van der Waals surface area contributed by atoms with Crippen LogP contribution in [0.2, 0.25) is 0 Å². The largest absolute Gasteiger partial charge is 0.324 e. The van der Waals surface area contributed by atoms with Gasteiger partial charge in [0.05, 0.1) is 0 Å². The molecule has 0 bridgehead atoms. The minimum atomic E-state index is -0.274. The molecule has 0 saturated carbocycles. The average molecular weight is 390 g/mol. The fourth-order valence-electron chi connectivity index (χ4n) is 2.75. The van der Waals surface area contributed by atoms with E-state index < -0.39 is 0 Å². The standard InChI is InChI=1S/C21H16BrN3/c22-18-13-7-12-17(14-18)21-24-19(15-8-3-1-4-9-15)23-20(25-21)16-10-5-2-6-11-16/h1-14,21H,(H,23,24,25). The van der Waals surface area contributed by atoms with E-state index in [1.807, 2.05) is 48.5 Å². The molecule has 4 heteroatoms. The Kier molecular flexibility index (Phi) is 4.44. The summed E-state index contributed by atoms with van der Waals surface area (Å²) in [5.74, 6) is 1.67. The summed E-state index contributed by atoms with van der Waals surface area (Å²) in [6, 6.07) is 28.4.